The number of ether oxygens (including phenoxy) is 1. The number of pyridine rings is 1. The molecule has 0 spiro atoms. The highest BCUT2D eigenvalue weighted by Crippen LogP contribution is 2.43. The van der Waals surface area contributed by atoms with Crippen LogP contribution in [0.25, 0.3) is 5.69 Å². The predicted molar refractivity (Wildman–Crippen MR) is 156 cm³/mol. The second-order valence-electron chi connectivity index (χ2n) is 9.76. The summed E-state index contributed by atoms with van der Waals surface area (Å²) in [6.45, 7) is 2.02. The second-order valence-corrected chi connectivity index (χ2v) is 10.1. The van der Waals surface area contributed by atoms with Crippen molar-refractivity contribution in [1.82, 2.24) is 14.9 Å². The van der Waals surface area contributed by atoms with Gasteiger partial charge in [-0.15, -0.1) is 0 Å². The lowest BCUT2D eigenvalue weighted by Crippen LogP contribution is -2.30. The molecule has 0 bridgehead atoms. The van der Waals surface area contributed by atoms with E-state index in [0.29, 0.717) is 16.5 Å². The predicted octanol–water partition coefficient (Wildman–Crippen LogP) is 8.17. The molecule has 1 fully saturated rings. The molecule has 0 amide bonds. The molecule has 6 rings (SSSR count). The topological polar surface area (TPSA) is 42.3 Å². The first-order valence-corrected chi connectivity index (χ1v) is 13.4. The maximum absolute atomic E-state index is 13.6. The van der Waals surface area contributed by atoms with Crippen LogP contribution in [0, 0.1) is 6.92 Å². The number of aryl methyl sites for hydroxylation is 1. The fraction of sp³-hybridized carbons (Fsp3) is 0.125. The van der Waals surface area contributed by atoms with Crippen molar-refractivity contribution in [2.45, 2.75) is 25.2 Å². The third-order valence-corrected chi connectivity index (χ3v) is 7.32. The number of rotatable bonds is 6. The molecule has 5 nitrogen and oxygen atoms in total. The van der Waals surface area contributed by atoms with Gasteiger partial charge in [-0.2, -0.15) is 13.2 Å². The molecule has 1 saturated heterocycles. The molecular weight excluding hydrogens is 545 g/mol. The number of alkyl halides is 3. The van der Waals surface area contributed by atoms with Crippen LogP contribution in [0.3, 0.4) is 0 Å². The number of aromatic nitrogens is 2. The van der Waals surface area contributed by atoms with Crippen LogP contribution in [0.5, 0.6) is 11.5 Å². The van der Waals surface area contributed by atoms with Gasteiger partial charge in [0.1, 0.15) is 17.5 Å². The Hall–Kier alpha value is -4.63. The first-order chi connectivity index (χ1) is 19.8. The molecule has 2 unspecified atom stereocenters. The molecule has 41 heavy (non-hydrogen) atoms. The summed E-state index contributed by atoms with van der Waals surface area (Å²) < 4.78 is 48.4. The van der Waals surface area contributed by atoms with E-state index in [0.717, 1.165) is 40.5 Å². The standard InChI is InChI=1S/C32H25F3N4OS/c1-21-10-14-25(15-11-21)40-26-16-12-23(13-17-26)39-30(29(37-31(39)41)27-8-2-3-18-36-27)28-9-5-19-38(28)24-7-4-6-22(20-24)32(33,34)35/h2-20,29-30H,1H3,(H,37,41). The van der Waals surface area contributed by atoms with Crippen molar-refractivity contribution < 1.29 is 17.9 Å². The zero-order valence-electron chi connectivity index (χ0n) is 21.9. The van der Waals surface area contributed by atoms with Gasteiger partial charge in [0.05, 0.1) is 17.3 Å². The average molecular weight is 571 g/mol. The van der Waals surface area contributed by atoms with E-state index in [-0.39, 0.29) is 6.04 Å². The van der Waals surface area contributed by atoms with Crippen LogP contribution < -0.4 is 15.0 Å². The molecule has 0 aliphatic carbocycles. The minimum Gasteiger partial charge on any atom is -0.457 e. The number of hydrogen-bond donors (Lipinski definition) is 1. The summed E-state index contributed by atoms with van der Waals surface area (Å²) >= 11 is 5.83. The highest BCUT2D eigenvalue weighted by Gasteiger charge is 2.42. The van der Waals surface area contributed by atoms with Crippen LogP contribution in [-0.2, 0) is 6.18 Å². The van der Waals surface area contributed by atoms with Gasteiger partial charge in [0.15, 0.2) is 5.11 Å². The molecule has 3 aromatic carbocycles. The Balaban J connectivity index is 1.40. The number of hydrogen-bond acceptors (Lipinski definition) is 3. The number of thiocarbonyl (C=S) groups is 1. The van der Waals surface area contributed by atoms with Crippen molar-refractivity contribution in [2.75, 3.05) is 4.90 Å². The van der Waals surface area contributed by atoms with Gasteiger partial charge in [0.2, 0.25) is 0 Å². The lowest BCUT2D eigenvalue weighted by atomic mass is 10.0. The zero-order valence-corrected chi connectivity index (χ0v) is 22.7. The average Bonchev–Trinajstić information content (AvgIpc) is 3.59. The molecule has 3 heterocycles. The Morgan fingerprint density at radius 2 is 1.56 bits per heavy atom. The number of nitrogens with zero attached hydrogens (tertiary/aromatic N) is 3. The van der Waals surface area contributed by atoms with E-state index in [1.54, 1.807) is 23.0 Å². The fourth-order valence-corrected chi connectivity index (χ4v) is 5.40. The largest absolute Gasteiger partial charge is 0.457 e. The maximum Gasteiger partial charge on any atom is 0.416 e. The van der Waals surface area contributed by atoms with Gasteiger partial charge < -0.3 is 19.5 Å². The van der Waals surface area contributed by atoms with Crippen molar-refractivity contribution in [1.29, 1.82) is 0 Å². The lowest BCUT2D eigenvalue weighted by molar-refractivity contribution is -0.137. The molecule has 1 aliphatic heterocycles. The second kappa shape index (κ2) is 10.7. The van der Waals surface area contributed by atoms with Gasteiger partial charge in [-0.25, -0.2) is 0 Å². The lowest BCUT2D eigenvalue weighted by Gasteiger charge is -2.29. The van der Waals surface area contributed by atoms with Gasteiger partial charge in [0, 0.05) is 29.5 Å². The fourth-order valence-electron chi connectivity index (χ4n) is 5.05. The smallest absolute Gasteiger partial charge is 0.416 e. The third kappa shape index (κ3) is 5.40. The molecule has 0 radical (unpaired) electrons. The van der Waals surface area contributed by atoms with Crippen molar-refractivity contribution in [2.24, 2.45) is 0 Å². The van der Waals surface area contributed by atoms with Gasteiger partial charge in [-0.05, 0) is 98.0 Å². The van der Waals surface area contributed by atoms with Crippen molar-refractivity contribution >= 4 is 23.0 Å². The van der Waals surface area contributed by atoms with Crippen LogP contribution in [0.2, 0.25) is 0 Å². The van der Waals surface area contributed by atoms with Gasteiger partial charge in [-0.3, -0.25) is 4.98 Å². The van der Waals surface area contributed by atoms with Crippen LogP contribution in [-0.4, -0.2) is 14.7 Å². The first-order valence-electron chi connectivity index (χ1n) is 13.0. The van der Waals surface area contributed by atoms with E-state index in [2.05, 4.69) is 10.3 Å². The number of benzene rings is 3. The number of nitrogens with one attached hydrogen (secondary N) is 1. The Morgan fingerprint density at radius 1 is 0.829 bits per heavy atom. The minimum absolute atomic E-state index is 0.355. The van der Waals surface area contributed by atoms with E-state index in [1.807, 2.05) is 90.7 Å². The zero-order chi connectivity index (χ0) is 28.6. The van der Waals surface area contributed by atoms with E-state index >= 15 is 0 Å². The van der Waals surface area contributed by atoms with Gasteiger partial charge >= 0.3 is 6.18 Å². The molecule has 0 saturated carbocycles. The quantitative estimate of drug-likeness (QED) is 0.209. The number of anilines is 1. The summed E-state index contributed by atoms with van der Waals surface area (Å²) in [6.07, 6.45) is -0.980. The number of halogens is 3. The summed E-state index contributed by atoms with van der Waals surface area (Å²) in [5.74, 6) is 1.40. The molecule has 206 valence electrons. The Bertz CT molecular complexity index is 1670. The summed E-state index contributed by atoms with van der Waals surface area (Å²) in [4.78, 5) is 6.55. The van der Waals surface area contributed by atoms with E-state index < -0.39 is 17.8 Å². The molecule has 2 atom stereocenters. The van der Waals surface area contributed by atoms with Crippen molar-refractivity contribution in [3.63, 3.8) is 0 Å². The highest BCUT2D eigenvalue weighted by molar-refractivity contribution is 7.80. The first kappa shape index (κ1) is 26.6. The van der Waals surface area contributed by atoms with E-state index in [4.69, 9.17) is 17.0 Å². The maximum atomic E-state index is 13.6. The Kier molecular flexibility index (Phi) is 6.96. The summed E-state index contributed by atoms with van der Waals surface area (Å²) in [5, 5.41) is 3.88. The van der Waals surface area contributed by atoms with E-state index in [1.165, 1.54) is 6.07 Å². The SMILES string of the molecule is Cc1ccc(Oc2ccc(N3C(=S)NC(c4ccccn4)C3c3cccn3-c3cccc(C(F)(F)F)c3)cc2)cc1. The van der Waals surface area contributed by atoms with Gasteiger partial charge in [-0.1, -0.05) is 29.8 Å². The third-order valence-electron chi connectivity index (χ3n) is 7.00. The molecular formula is C32H25F3N4OS. The summed E-state index contributed by atoms with van der Waals surface area (Å²) in [7, 11) is 0. The molecule has 1 aliphatic rings. The molecule has 1 N–H and O–H groups in total. The Labute approximate surface area is 240 Å². The van der Waals surface area contributed by atoms with Crippen LogP contribution in [0.4, 0.5) is 18.9 Å². The minimum atomic E-state index is -4.45. The van der Waals surface area contributed by atoms with Gasteiger partial charge in [0.25, 0.3) is 0 Å². The van der Waals surface area contributed by atoms with Crippen molar-refractivity contribution in [3.05, 3.63) is 138 Å². The summed E-state index contributed by atoms with van der Waals surface area (Å²) in [5.41, 5.74) is 3.16. The monoisotopic (exact) mass is 570 g/mol. The molecule has 2 aromatic heterocycles. The van der Waals surface area contributed by atoms with Crippen LogP contribution in [0.1, 0.15) is 34.6 Å². The molecule has 9 heteroatoms. The van der Waals surface area contributed by atoms with Crippen LogP contribution >= 0.6 is 12.2 Å². The van der Waals surface area contributed by atoms with E-state index in [9.17, 15) is 13.2 Å². The molecule has 5 aromatic rings. The highest BCUT2D eigenvalue weighted by atomic mass is 32.1. The Morgan fingerprint density at radius 3 is 2.24 bits per heavy atom. The van der Waals surface area contributed by atoms with Crippen molar-refractivity contribution in [3.8, 4) is 17.2 Å². The normalized spacial score (nSPS) is 17.0. The van der Waals surface area contributed by atoms with Crippen LogP contribution in [0.15, 0.2) is 116 Å². The summed E-state index contributed by atoms with van der Waals surface area (Å²) in [6, 6.07) is 29.3.